The summed E-state index contributed by atoms with van der Waals surface area (Å²) in [5.74, 6) is -0.0138. The van der Waals surface area contributed by atoms with Crippen molar-refractivity contribution < 1.29 is 9.53 Å². The second kappa shape index (κ2) is 12.9. The molecule has 0 atom stereocenters. The standard InChI is InChI=1S/C13H26O2S/c1-2-3-4-5-6-7-8-9-10-11-15-13(14)12-16/h16H,2-12H2,1H3. The molecule has 0 rings (SSSR count). The molecule has 16 heavy (non-hydrogen) atoms. The maximum Gasteiger partial charge on any atom is 0.315 e. The van der Waals surface area contributed by atoms with Crippen LogP contribution < -0.4 is 0 Å². The fraction of sp³-hybridized carbons (Fsp3) is 0.923. The quantitative estimate of drug-likeness (QED) is 0.339. The number of carbonyl (C=O) groups excluding carboxylic acids is 1. The average Bonchev–Trinajstić information content (AvgIpc) is 2.31. The number of hydrogen-bond acceptors (Lipinski definition) is 3. The lowest BCUT2D eigenvalue weighted by Gasteiger charge is -2.03. The van der Waals surface area contributed by atoms with Crippen LogP contribution in [0.4, 0.5) is 0 Å². The lowest BCUT2D eigenvalue weighted by Crippen LogP contribution is -2.06. The molecule has 0 amide bonds. The smallest absolute Gasteiger partial charge is 0.315 e. The van der Waals surface area contributed by atoms with E-state index in [4.69, 9.17) is 4.74 Å². The summed E-state index contributed by atoms with van der Waals surface area (Å²) >= 11 is 3.84. The van der Waals surface area contributed by atoms with Crippen molar-refractivity contribution >= 4 is 18.6 Å². The molecule has 0 aliphatic carbocycles. The van der Waals surface area contributed by atoms with Gasteiger partial charge in [-0.25, -0.2) is 0 Å². The molecule has 3 heteroatoms. The van der Waals surface area contributed by atoms with Crippen LogP contribution in [0.1, 0.15) is 64.7 Å². The Morgan fingerprint density at radius 1 is 0.938 bits per heavy atom. The Kier molecular flexibility index (Phi) is 12.7. The minimum atomic E-state index is -0.206. The molecule has 0 aromatic rings. The van der Waals surface area contributed by atoms with Gasteiger partial charge in [-0.1, -0.05) is 58.3 Å². The normalized spacial score (nSPS) is 10.4. The second-order valence-corrected chi connectivity index (χ2v) is 4.52. The van der Waals surface area contributed by atoms with E-state index in [1.54, 1.807) is 0 Å². The molecule has 0 spiro atoms. The van der Waals surface area contributed by atoms with Crippen molar-refractivity contribution in [2.75, 3.05) is 12.4 Å². The SMILES string of the molecule is CCCCCCCCCCCOC(=O)CS. The fourth-order valence-electron chi connectivity index (χ4n) is 1.64. The van der Waals surface area contributed by atoms with Crippen molar-refractivity contribution in [3.8, 4) is 0 Å². The third kappa shape index (κ3) is 11.9. The first-order valence-corrected chi connectivity index (χ1v) is 7.21. The highest BCUT2D eigenvalue weighted by molar-refractivity contribution is 7.81. The number of hydrogen-bond donors (Lipinski definition) is 1. The van der Waals surface area contributed by atoms with E-state index in [0.29, 0.717) is 6.61 Å². The van der Waals surface area contributed by atoms with Gasteiger partial charge in [0.2, 0.25) is 0 Å². The number of esters is 1. The van der Waals surface area contributed by atoms with E-state index in [1.165, 1.54) is 51.4 Å². The summed E-state index contributed by atoms with van der Waals surface area (Å²) < 4.78 is 4.94. The van der Waals surface area contributed by atoms with E-state index in [2.05, 4.69) is 19.6 Å². The zero-order valence-corrected chi connectivity index (χ0v) is 11.4. The second-order valence-electron chi connectivity index (χ2n) is 4.21. The average molecular weight is 246 g/mol. The summed E-state index contributed by atoms with van der Waals surface area (Å²) in [6, 6.07) is 0. The third-order valence-electron chi connectivity index (χ3n) is 2.64. The first kappa shape index (κ1) is 15.8. The third-order valence-corrected chi connectivity index (χ3v) is 2.90. The lowest BCUT2D eigenvalue weighted by molar-refractivity contribution is -0.140. The van der Waals surface area contributed by atoms with Gasteiger partial charge in [0, 0.05) is 0 Å². The van der Waals surface area contributed by atoms with Crippen LogP contribution in [0.2, 0.25) is 0 Å². The topological polar surface area (TPSA) is 26.3 Å². The van der Waals surface area contributed by atoms with E-state index in [1.807, 2.05) is 0 Å². The molecular formula is C13H26O2S. The molecule has 96 valence electrons. The summed E-state index contributed by atoms with van der Waals surface area (Å²) in [7, 11) is 0. The zero-order chi connectivity index (χ0) is 12.1. The highest BCUT2D eigenvalue weighted by Gasteiger charge is 1.97. The van der Waals surface area contributed by atoms with E-state index in [9.17, 15) is 4.79 Å². The molecule has 0 fully saturated rings. The zero-order valence-electron chi connectivity index (χ0n) is 10.5. The summed E-state index contributed by atoms with van der Waals surface area (Å²) in [6.45, 7) is 2.81. The first-order chi connectivity index (χ1) is 7.81. The van der Waals surface area contributed by atoms with Gasteiger partial charge in [-0.2, -0.15) is 12.6 Å². The molecule has 0 aliphatic rings. The van der Waals surface area contributed by atoms with Gasteiger partial charge < -0.3 is 4.74 Å². The predicted molar refractivity (Wildman–Crippen MR) is 72.0 cm³/mol. The first-order valence-electron chi connectivity index (χ1n) is 6.57. The largest absolute Gasteiger partial charge is 0.465 e. The maximum absolute atomic E-state index is 10.7. The van der Waals surface area contributed by atoms with Crippen molar-refractivity contribution in [2.24, 2.45) is 0 Å². The Bertz CT molecular complexity index is 160. The number of ether oxygens (including phenoxy) is 1. The van der Waals surface area contributed by atoms with E-state index in [-0.39, 0.29) is 11.7 Å². The van der Waals surface area contributed by atoms with Gasteiger partial charge in [-0.05, 0) is 6.42 Å². The number of rotatable bonds is 11. The van der Waals surface area contributed by atoms with Crippen LogP contribution in [-0.2, 0) is 9.53 Å². The minimum Gasteiger partial charge on any atom is -0.465 e. The molecule has 0 aromatic heterocycles. The van der Waals surface area contributed by atoms with E-state index >= 15 is 0 Å². The van der Waals surface area contributed by atoms with Crippen molar-refractivity contribution in [1.29, 1.82) is 0 Å². The Labute approximate surface area is 106 Å². The molecule has 0 aliphatic heterocycles. The van der Waals surface area contributed by atoms with Gasteiger partial charge in [0.25, 0.3) is 0 Å². The van der Waals surface area contributed by atoms with Gasteiger partial charge in [-0.15, -0.1) is 0 Å². The van der Waals surface area contributed by atoms with Crippen LogP contribution in [0.15, 0.2) is 0 Å². The van der Waals surface area contributed by atoms with Crippen LogP contribution in [0, 0.1) is 0 Å². The van der Waals surface area contributed by atoms with Crippen LogP contribution in [0.5, 0.6) is 0 Å². The molecule has 2 nitrogen and oxygen atoms in total. The molecule has 0 saturated heterocycles. The molecule has 0 unspecified atom stereocenters. The van der Waals surface area contributed by atoms with Crippen LogP contribution in [0.3, 0.4) is 0 Å². The number of unbranched alkanes of at least 4 members (excludes halogenated alkanes) is 8. The van der Waals surface area contributed by atoms with Gasteiger partial charge in [0.1, 0.15) is 0 Å². The molecule has 0 aromatic carbocycles. The minimum absolute atomic E-state index is 0.192. The molecule has 0 saturated carbocycles. The van der Waals surface area contributed by atoms with Crippen molar-refractivity contribution in [1.82, 2.24) is 0 Å². The van der Waals surface area contributed by atoms with E-state index in [0.717, 1.165) is 6.42 Å². The summed E-state index contributed by atoms with van der Waals surface area (Å²) in [6.07, 6.45) is 11.6. The predicted octanol–water partition coefficient (Wildman–Crippen LogP) is 3.99. The van der Waals surface area contributed by atoms with Crippen LogP contribution >= 0.6 is 12.6 Å². The fourth-order valence-corrected chi connectivity index (χ4v) is 1.74. The van der Waals surface area contributed by atoms with Crippen molar-refractivity contribution in [3.63, 3.8) is 0 Å². The Morgan fingerprint density at radius 3 is 1.94 bits per heavy atom. The molecule has 0 heterocycles. The molecular weight excluding hydrogens is 220 g/mol. The Morgan fingerprint density at radius 2 is 1.44 bits per heavy atom. The highest BCUT2D eigenvalue weighted by Crippen LogP contribution is 2.09. The summed E-state index contributed by atoms with van der Waals surface area (Å²) in [5.41, 5.74) is 0. The highest BCUT2D eigenvalue weighted by atomic mass is 32.1. The molecule has 0 N–H and O–H groups in total. The lowest BCUT2D eigenvalue weighted by atomic mass is 10.1. The molecule has 0 bridgehead atoms. The number of carbonyl (C=O) groups is 1. The number of thiol groups is 1. The van der Waals surface area contributed by atoms with Gasteiger partial charge in [0.15, 0.2) is 0 Å². The summed E-state index contributed by atoms with van der Waals surface area (Å²) in [5, 5.41) is 0. The summed E-state index contributed by atoms with van der Waals surface area (Å²) in [4.78, 5) is 10.7. The maximum atomic E-state index is 10.7. The van der Waals surface area contributed by atoms with Crippen LogP contribution in [0.25, 0.3) is 0 Å². The monoisotopic (exact) mass is 246 g/mol. The van der Waals surface area contributed by atoms with Crippen LogP contribution in [-0.4, -0.2) is 18.3 Å². The van der Waals surface area contributed by atoms with Gasteiger partial charge in [0.05, 0.1) is 12.4 Å². The van der Waals surface area contributed by atoms with E-state index < -0.39 is 0 Å². The Hall–Kier alpha value is -0.180. The van der Waals surface area contributed by atoms with Gasteiger partial charge >= 0.3 is 5.97 Å². The Balaban J connectivity index is 2.96. The van der Waals surface area contributed by atoms with Gasteiger partial charge in [-0.3, -0.25) is 4.79 Å². The molecule has 0 radical (unpaired) electrons. The van der Waals surface area contributed by atoms with Crippen molar-refractivity contribution in [3.05, 3.63) is 0 Å². The van der Waals surface area contributed by atoms with Crippen molar-refractivity contribution in [2.45, 2.75) is 64.7 Å².